The second kappa shape index (κ2) is 11.7. The normalized spacial score (nSPS) is 11.2. The van der Waals surface area contributed by atoms with Crippen molar-refractivity contribution < 1.29 is 30.0 Å². The first-order valence-corrected chi connectivity index (χ1v) is 10.4. The van der Waals surface area contributed by atoms with E-state index < -0.39 is 0 Å². The first kappa shape index (κ1) is 25.4. The number of aliphatic hydroxyl groups is 1. The fourth-order valence-electron chi connectivity index (χ4n) is 2.93. The molecule has 32 heavy (non-hydrogen) atoms. The number of ketones is 1. The summed E-state index contributed by atoms with van der Waals surface area (Å²) < 4.78 is 0. The summed E-state index contributed by atoms with van der Waals surface area (Å²) in [6.07, 6.45) is 3.22. The van der Waals surface area contributed by atoms with Gasteiger partial charge in [0.25, 0.3) is 0 Å². The molecule has 0 saturated heterocycles. The van der Waals surface area contributed by atoms with Crippen LogP contribution in [0.3, 0.4) is 0 Å². The predicted molar refractivity (Wildman–Crippen MR) is 127 cm³/mol. The van der Waals surface area contributed by atoms with Crippen LogP contribution in [0.5, 0.6) is 0 Å². The van der Waals surface area contributed by atoms with Gasteiger partial charge >= 0.3 is 0 Å². The Bertz CT molecular complexity index is 1220. The zero-order valence-corrected chi connectivity index (χ0v) is 21.1. The van der Waals surface area contributed by atoms with Crippen LogP contribution in [0.4, 0.5) is 0 Å². The predicted octanol–water partition coefficient (Wildman–Crippen LogP) is 6.56. The quantitative estimate of drug-likeness (QED) is 0.124. The van der Waals surface area contributed by atoms with Crippen molar-refractivity contribution in [1.82, 2.24) is 9.97 Å². The second-order valence-electron chi connectivity index (χ2n) is 7.97. The zero-order valence-electron chi connectivity index (χ0n) is 18.7. The molecule has 1 N–H and O–H groups in total. The molecule has 0 fully saturated rings. The van der Waals surface area contributed by atoms with Crippen molar-refractivity contribution in [3.05, 3.63) is 84.8 Å². The maximum absolute atomic E-state index is 11.0. The van der Waals surface area contributed by atoms with Gasteiger partial charge in [-0.2, -0.15) is 0 Å². The van der Waals surface area contributed by atoms with Gasteiger partial charge in [0.1, 0.15) is 0 Å². The molecule has 167 valence electrons. The molecule has 0 saturated carbocycles. The number of carbonyl (C=O) groups excluding carboxylic acids is 1. The molecule has 0 aliphatic heterocycles. The summed E-state index contributed by atoms with van der Waals surface area (Å²) in [4.78, 5) is 20.2. The summed E-state index contributed by atoms with van der Waals surface area (Å²) in [6, 6.07) is 23.4. The number of fused-ring (bicyclic) bond motifs is 3. The standard InChI is InChI=1S/C18H11N2.C9H16O2.Ir/c1-2-7-14(8-3-1)18-19-12-16-15-9-5-4-6-13(15)10-11-17(16)20-18;1-6(2)8(10)5-9(11)7(3)4;/h1-7,9-12H;5-7,10H,1-4H3;/q-1;;. The number of hydrogen-bond acceptors (Lipinski definition) is 4. The van der Waals surface area contributed by atoms with Gasteiger partial charge < -0.3 is 5.11 Å². The molecule has 3 aromatic carbocycles. The van der Waals surface area contributed by atoms with E-state index in [4.69, 9.17) is 0 Å². The van der Waals surface area contributed by atoms with Crippen molar-refractivity contribution in [3.63, 3.8) is 0 Å². The van der Waals surface area contributed by atoms with Crippen LogP contribution in [-0.2, 0) is 24.9 Å². The average Bonchev–Trinajstić information content (AvgIpc) is 2.79. The number of rotatable bonds is 4. The molecule has 0 aliphatic rings. The van der Waals surface area contributed by atoms with Crippen molar-refractivity contribution in [3.8, 4) is 11.4 Å². The third-order valence-electron chi connectivity index (χ3n) is 4.89. The zero-order chi connectivity index (χ0) is 22.4. The Hall–Kier alpha value is -2.88. The van der Waals surface area contributed by atoms with E-state index in [-0.39, 0.29) is 43.5 Å². The molecule has 0 amide bonds. The second-order valence-corrected chi connectivity index (χ2v) is 7.97. The third kappa shape index (κ3) is 6.32. The minimum atomic E-state index is -0.0316. The molecular formula is C27H27IrN2O2-. The Morgan fingerprint density at radius 1 is 0.938 bits per heavy atom. The molecule has 1 radical (unpaired) electrons. The third-order valence-corrected chi connectivity index (χ3v) is 4.89. The summed E-state index contributed by atoms with van der Waals surface area (Å²) in [6.45, 7) is 7.32. The smallest absolute Gasteiger partial charge is 0.161 e. The van der Waals surface area contributed by atoms with Crippen LogP contribution < -0.4 is 0 Å². The van der Waals surface area contributed by atoms with Gasteiger partial charge in [-0.25, -0.2) is 0 Å². The Kier molecular flexibility index (Phi) is 9.25. The largest absolute Gasteiger partial charge is 0.512 e. The fourth-order valence-corrected chi connectivity index (χ4v) is 2.93. The van der Waals surface area contributed by atoms with Crippen LogP contribution in [-0.4, -0.2) is 20.9 Å². The van der Waals surface area contributed by atoms with Gasteiger partial charge in [0, 0.05) is 49.6 Å². The van der Waals surface area contributed by atoms with Crippen molar-refractivity contribution >= 4 is 27.5 Å². The van der Waals surface area contributed by atoms with Gasteiger partial charge in [-0.15, -0.1) is 35.9 Å². The Morgan fingerprint density at radius 2 is 1.66 bits per heavy atom. The molecule has 0 spiro atoms. The number of allylic oxidation sites excluding steroid dienone is 2. The summed E-state index contributed by atoms with van der Waals surface area (Å²) in [7, 11) is 0. The van der Waals surface area contributed by atoms with Crippen LogP contribution in [0.25, 0.3) is 33.1 Å². The van der Waals surface area contributed by atoms with Crippen LogP contribution in [0.2, 0.25) is 0 Å². The fraction of sp³-hybridized carbons (Fsp3) is 0.222. The summed E-state index contributed by atoms with van der Waals surface area (Å²) in [5.74, 6) is 0.877. The molecule has 4 rings (SSSR count). The van der Waals surface area contributed by atoms with Crippen LogP contribution in [0.15, 0.2) is 78.7 Å². The van der Waals surface area contributed by atoms with Crippen molar-refractivity contribution in [2.45, 2.75) is 27.7 Å². The Balaban J connectivity index is 0.000000263. The molecule has 4 nitrogen and oxygen atoms in total. The van der Waals surface area contributed by atoms with E-state index in [1.165, 1.54) is 16.8 Å². The van der Waals surface area contributed by atoms with Crippen molar-refractivity contribution in [2.24, 2.45) is 11.8 Å². The van der Waals surface area contributed by atoms with Gasteiger partial charge in [0.05, 0.1) is 17.1 Å². The molecular weight excluding hydrogens is 577 g/mol. The molecule has 4 aromatic rings. The van der Waals surface area contributed by atoms with Crippen LogP contribution in [0, 0.1) is 17.9 Å². The minimum absolute atomic E-state index is 0. The van der Waals surface area contributed by atoms with E-state index >= 15 is 0 Å². The van der Waals surface area contributed by atoms with E-state index in [2.05, 4.69) is 34.2 Å². The minimum Gasteiger partial charge on any atom is -0.512 e. The van der Waals surface area contributed by atoms with Gasteiger partial charge in [0.15, 0.2) is 5.78 Å². The van der Waals surface area contributed by atoms with E-state index in [1.54, 1.807) is 0 Å². The SMILES string of the molecule is CC(C)C(=O)C=C(O)C(C)C.[Ir].[c-]1ccccc1-c1ncc2c(ccc3ccccc32)n1. The number of carbonyl (C=O) groups is 1. The van der Waals surface area contributed by atoms with Gasteiger partial charge in [-0.1, -0.05) is 58.0 Å². The summed E-state index contributed by atoms with van der Waals surface area (Å²) in [5, 5.41) is 12.7. The molecule has 1 heterocycles. The summed E-state index contributed by atoms with van der Waals surface area (Å²) >= 11 is 0. The first-order chi connectivity index (χ1) is 14.9. The number of nitrogens with zero attached hydrogens (tertiary/aromatic N) is 2. The molecule has 0 bridgehead atoms. The molecule has 5 heteroatoms. The topological polar surface area (TPSA) is 63.1 Å². The van der Waals surface area contributed by atoms with E-state index in [0.717, 1.165) is 16.5 Å². The van der Waals surface area contributed by atoms with Crippen LogP contribution >= 0.6 is 0 Å². The van der Waals surface area contributed by atoms with Crippen molar-refractivity contribution in [2.75, 3.05) is 0 Å². The van der Waals surface area contributed by atoms with E-state index in [9.17, 15) is 9.90 Å². The molecule has 0 atom stereocenters. The number of aliphatic hydroxyl groups excluding tert-OH is 1. The molecule has 0 unspecified atom stereocenters. The van der Waals surface area contributed by atoms with Gasteiger partial charge in [-0.3, -0.25) is 14.8 Å². The van der Waals surface area contributed by atoms with E-state index in [0.29, 0.717) is 5.82 Å². The number of benzene rings is 3. The first-order valence-electron chi connectivity index (χ1n) is 10.4. The van der Waals surface area contributed by atoms with Gasteiger partial charge in [-0.05, 0) is 16.8 Å². The number of aromatic nitrogens is 2. The van der Waals surface area contributed by atoms with Crippen molar-refractivity contribution in [1.29, 1.82) is 0 Å². The van der Waals surface area contributed by atoms with Crippen LogP contribution in [0.1, 0.15) is 27.7 Å². The van der Waals surface area contributed by atoms with E-state index in [1.807, 2.05) is 76.4 Å². The Morgan fingerprint density at radius 3 is 2.31 bits per heavy atom. The van der Waals surface area contributed by atoms with Gasteiger partial charge in [0.2, 0.25) is 0 Å². The maximum Gasteiger partial charge on any atom is 0.161 e. The molecule has 1 aromatic heterocycles. The average molecular weight is 604 g/mol. The Labute approximate surface area is 202 Å². The monoisotopic (exact) mass is 604 g/mol. The molecule has 0 aliphatic carbocycles. The summed E-state index contributed by atoms with van der Waals surface area (Å²) in [5.41, 5.74) is 1.88. The number of hydrogen-bond donors (Lipinski definition) is 1. The maximum atomic E-state index is 11.0.